The van der Waals surface area contributed by atoms with Gasteiger partial charge in [-0.15, -0.1) is 0 Å². The molecule has 1 aliphatic heterocycles. The van der Waals surface area contributed by atoms with Gasteiger partial charge in [0.05, 0.1) is 11.6 Å². The lowest BCUT2D eigenvalue weighted by atomic mass is 9.95. The van der Waals surface area contributed by atoms with Crippen molar-refractivity contribution in [2.75, 3.05) is 26.2 Å². The maximum Gasteiger partial charge on any atom is 0.256 e. The van der Waals surface area contributed by atoms with Crippen LogP contribution in [0.15, 0.2) is 72.8 Å². The van der Waals surface area contributed by atoms with Crippen molar-refractivity contribution in [3.8, 4) is 0 Å². The fourth-order valence-corrected chi connectivity index (χ4v) is 4.01. The SMILES string of the molecule is Cc1ccc([C@@H](c2ccccc2)N2CCN(C(=O)c3ccc(F)cc3F)CC2)cc1. The van der Waals surface area contributed by atoms with E-state index >= 15 is 0 Å². The average molecular weight is 406 g/mol. The lowest BCUT2D eigenvalue weighted by Crippen LogP contribution is -2.50. The van der Waals surface area contributed by atoms with E-state index < -0.39 is 17.5 Å². The van der Waals surface area contributed by atoms with Gasteiger partial charge in [-0.2, -0.15) is 0 Å². The molecule has 4 rings (SSSR count). The molecule has 0 N–H and O–H groups in total. The number of hydrogen-bond acceptors (Lipinski definition) is 2. The van der Waals surface area contributed by atoms with Gasteiger partial charge in [0.15, 0.2) is 0 Å². The molecule has 0 unspecified atom stereocenters. The van der Waals surface area contributed by atoms with Crippen LogP contribution in [0, 0.1) is 18.6 Å². The van der Waals surface area contributed by atoms with Gasteiger partial charge in [0, 0.05) is 32.2 Å². The predicted molar refractivity (Wildman–Crippen MR) is 113 cm³/mol. The number of aryl methyl sites for hydroxylation is 1. The van der Waals surface area contributed by atoms with Crippen LogP contribution in [-0.4, -0.2) is 41.9 Å². The minimum Gasteiger partial charge on any atom is -0.336 e. The summed E-state index contributed by atoms with van der Waals surface area (Å²) in [6.45, 7) is 4.39. The Kier molecular flexibility index (Phi) is 5.91. The molecule has 0 saturated carbocycles. The molecule has 0 radical (unpaired) electrons. The first-order valence-electron chi connectivity index (χ1n) is 10.1. The second kappa shape index (κ2) is 8.76. The highest BCUT2D eigenvalue weighted by atomic mass is 19.1. The topological polar surface area (TPSA) is 23.6 Å². The van der Waals surface area contributed by atoms with Crippen molar-refractivity contribution in [3.05, 3.63) is 107 Å². The second-order valence-electron chi connectivity index (χ2n) is 7.68. The van der Waals surface area contributed by atoms with Crippen molar-refractivity contribution in [3.63, 3.8) is 0 Å². The number of benzene rings is 3. The second-order valence-corrected chi connectivity index (χ2v) is 7.68. The van der Waals surface area contributed by atoms with Crippen molar-refractivity contribution in [2.24, 2.45) is 0 Å². The highest BCUT2D eigenvalue weighted by Crippen LogP contribution is 2.30. The first-order valence-corrected chi connectivity index (χ1v) is 10.1. The Morgan fingerprint density at radius 2 is 1.47 bits per heavy atom. The Morgan fingerprint density at radius 3 is 2.10 bits per heavy atom. The quantitative estimate of drug-likeness (QED) is 0.620. The summed E-state index contributed by atoms with van der Waals surface area (Å²) in [4.78, 5) is 16.7. The summed E-state index contributed by atoms with van der Waals surface area (Å²) < 4.78 is 27.2. The summed E-state index contributed by atoms with van der Waals surface area (Å²) in [5.41, 5.74) is 3.53. The van der Waals surface area contributed by atoms with Crippen molar-refractivity contribution in [1.82, 2.24) is 9.80 Å². The zero-order chi connectivity index (χ0) is 21.1. The Morgan fingerprint density at radius 1 is 0.833 bits per heavy atom. The minimum atomic E-state index is -0.816. The standard InChI is InChI=1S/C25H24F2N2O/c1-18-7-9-20(10-8-18)24(19-5-3-2-4-6-19)28-13-15-29(16-14-28)25(30)22-12-11-21(26)17-23(22)27/h2-12,17,24H,13-16H2,1H3/t24-/m1/s1. The van der Waals surface area contributed by atoms with Crippen LogP contribution < -0.4 is 0 Å². The summed E-state index contributed by atoms with van der Waals surface area (Å²) in [5, 5.41) is 0. The molecule has 1 saturated heterocycles. The number of amides is 1. The van der Waals surface area contributed by atoms with E-state index in [0.29, 0.717) is 26.2 Å². The summed E-state index contributed by atoms with van der Waals surface area (Å²) in [6, 6.07) is 22.0. The molecule has 1 atom stereocenters. The highest BCUT2D eigenvalue weighted by Gasteiger charge is 2.29. The van der Waals surface area contributed by atoms with Crippen molar-refractivity contribution in [2.45, 2.75) is 13.0 Å². The number of halogens is 2. The summed E-state index contributed by atoms with van der Waals surface area (Å²) in [7, 11) is 0. The van der Waals surface area contributed by atoms with Crippen LogP contribution in [0.3, 0.4) is 0 Å². The Labute approximate surface area is 175 Å². The van der Waals surface area contributed by atoms with Gasteiger partial charge in [-0.25, -0.2) is 8.78 Å². The van der Waals surface area contributed by atoms with E-state index in [0.717, 1.165) is 12.1 Å². The van der Waals surface area contributed by atoms with E-state index in [1.54, 1.807) is 4.90 Å². The van der Waals surface area contributed by atoms with Gasteiger partial charge in [-0.1, -0.05) is 60.2 Å². The molecule has 3 nitrogen and oxygen atoms in total. The zero-order valence-corrected chi connectivity index (χ0v) is 16.9. The van der Waals surface area contributed by atoms with Crippen molar-refractivity contribution >= 4 is 5.91 Å². The van der Waals surface area contributed by atoms with Crippen LogP contribution in [0.5, 0.6) is 0 Å². The molecule has 0 spiro atoms. The zero-order valence-electron chi connectivity index (χ0n) is 16.9. The van der Waals surface area contributed by atoms with E-state index in [1.807, 2.05) is 18.2 Å². The molecule has 30 heavy (non-hydrogen) atoms. The number of hydrogen-bond donors (Lipinski definition) is 0. The third-order valence-electron chi connectivity index (χ3n) is 5.64. The molecule has 1 aliphatic rings. The molecule has 3 aromatic carbocycles. The first-order chi connectivity index (χ1) is 14.5. The van der Waals surface area contributed by atoms with Crippen LogP contribution in [-0.2, 0) is 0 Å². The van der Waals surface area contributed by atoms with E-state index in [4.69, 9.17) is 0 Å². The molecule has 0 aliphatic carbocycles. The first kappa shape index (κ1) is 20.2. The molecule has 5 heteroatoms. The molecule has 0 bridgehead atoms. The van der Waals surface area contributed by atoms with Crippen LogP contribution in [0.25, 0.3) is 0 Å². The molecular formula is C25H24F2N2O. The van der Waals surface area contributed by atoms with Gasteiger partial charge < -0.3 is 4.90 Å². The molecule has 154 valence electrons. The number of rotatable bonds is 4. The van der Waals surface area contributed by atoms with Crippen LogP contribution in [0.4, 0.5) is 8.78 Å². The van der Waals surface area contributed by atoms with Gasteiger partial charge in [0.1, 0.15) is 11.6 Å². The minimum absolute atomic E-state index is 0.0806. The number of carbonyl (C=O) groups excluding carboxylic acids is 1. The third kappa shape index (κ3) is 4.26. The lowest BCUT2D eigenvalue weighted by Gasteiger charge is -2.40. The van der Waals surface area contributed by atoms with E-state index in [1.165, 1.54) is 22.8 Å². The maximum atomic E-state index is 14.0. The van der Waals surface area contributed by atoms with Gasteiger partial charge in [0.2, 0.25) is 0 Å². The number of carbonyl (C=O) groups is 1. The van der Waals surface area contributed by atoms with Crippen molar-refractivity contribution in [1.29, 1.82) is 0 Å². The monoisotopic (exact) mass is 406 g/mol. The lowest BCUT2D eigenvalue weighted by molar-refractivity contribution is 0.0593. The molecule has 1 heterocycles. The smallest absolute Gasteiger partial charge is 0.256 e. The average Bonchev–Trinajstić information content (AvgIpc) is 2.76. The van der Waals surface area contributed by atoms with Gasteiger partial charge in [0.25, 0.3) is 5.91 Å². The summed E-state index contributed by atoms with van der Waals surface area (Å²) in [6.07, 6.45) is 0. The number of piperazine rings is 1. The van der Waals surface area contributed by atoms with Gasteiger partial charge >= 0.3 is 0 Å². The normalized spacial score (nSPS) is 15.8. The van der Waals surface area contributed by atoms with Gasteiger partial charge in [-0.3, -0.25) is 9.69 Å². The summed E-state index contributed by atoms with van der Waals surface area (Å²) in [5.74, 6) is -1.89. The number of nitrogens with zero attached hydrogens (tertiary/aromatic N) is 2. The Bertz CT molecular complexity index is 1010. The predicted octanol–water partition coefficient (Wildman–Crippen LogP) is 4.82. The van der Waals surface area contributed by atoms with Crippen LogP contribution in [0.1, 0.15) is 33.1 Å². The summed E-state index contributed by atoms with van der Waals surface area (Å²) >= 11 is 0. The van der Waals surface area contributed by atoms with E-state index in [9.17, 15) is 13.6 Å². The van der Waals surface area contributed by atoms with E-state index in [2.05, 4.69) is 48.2 Å². The molecule has 1 amide bonds. The highest BCUT2D eigenvalue weighted by molar-refractivity contribution is 5.94. The van der Waals surface area contributed by atoms with E-state index in [-0.39, 0.29) is 11.6 Å². The van der Waals surface area contributed by atoms with Gasteiger partial charge in [-0.05, 0) is 30.2 Å². The Hall–Kier alpha value is -3.05. The maximum absolute atomic E-state index is 14.0. The third-order valence-corrected chi connectivity index (χ3v) is 5.64. The largest absolute Gasteiger partial charge is 0.336 e. The molecular weight excluding hydrogens is 382 g/mol. The fourth-order valence-electron chi connectivity index (χ4n) is 4.01. The Balaban J connectivity index is 1.53. The molecule has 3 aromatic rings. The van der Waals surface area contributed by atoms with Crippen molar-refractivity contribution < 1.29 is 13.6 Å². The van der Waals surface area contributed by atoms with Crippen LogP contribution >= 0.6 is 0 Å². The fraction of sp³-hybridized carbons (Fsp3) is 0.240. The molecule has 0 aromatic heterocycles. The molecule has 1 fully saturated rings. The van der Waals surface area contributed by atoms with Crippen LogP contribution in [0.2, 0.25) is 0 Å².